The smallest absolute Gasteiger partial charge is 0.282 e. The van der Waals surface area contributed by atoms with Gasteiger partial charge in [0, 0.05) is 12.1 Å². The summed E-state index contributed by atoms with van der Waals surface area (Å²) in [5.74, 6) is -1.46. The van der Waals surface area contributed by atoms with E-state index in [1.807, 2.05) is 0 Å². The number of halogens is 1. The minimum atomic E-state index is -0.742. The van der Waals surface area contributed by atoms with Crippen molar-refractivity contribution in [2.75, 3.05) is 0 Å². The van der Waals surface area contributed by atoms with Gasteiger partial charge in [-0.3, -0.25) is 14.9 Å². The Bertz CT molecular complexity index is 491. The van der Waals surface area contributed by atoms with Crippen molar-refractivity contribution in [3.8, 4) is 0 Å². The normalized spacial score (nSPS) is 13.7. The summed E-state index contributed by atoms with van der Waals surface area (Å²) in [6.45, 7) is 3.21. The van der Waals surface area contributed by atoms with Crippen molar-refractivity contribution in [3.63, 3.8) is 0 Å². The zero-order valence-corrected chi connectivity index (χ0v) is 10.6. The molecule has 6 nitrogen and oxygen atoms in total. The van der Waals surface area contributed by atoms with Crippen LogP contribution in [0.25, 0.3) is 0 Å². The fraction of sp³-hybridized carbons (Fsp3) is 0.417. The summed E-state index contributed by atoms with van der Waals surface area (Å²) in [5, 5.41) is 22.4. The van der Waals surface area contributed by atoms with Crippen LogP contribution in [0.3, 0.4) is 0 Å². The van der Waals surface area contributed by atoms with Crippen LogP contribution < -0.4 is 5.32 Å². The van der Waals surface area contributed by atoms with Crippen LogP contribution in [0, 0.1) is 15.9 Å². The molecule has 0 saturated heterocycles. The summed E-state index contributed by atoms with van der Waals surface area (Å²) in [5.41, 5.74) is -0.786. The minimum Gasteiger partial charge on any atom is -0.393 e. The number of rotatable bonds is 5. The number of nitro benzene ring substituents is 1. The molecule has 0 aromatic heterocycles. The molecule has 104 valence electrons. The molecule has 2 N–H and O–H groups in total. The maximum atomic E-state index is 13.1. The molecule has 2 atom stereocenters. The summed E-state index contributed by atoms with van der Waals surface area (Å²) in [6.07, 6.45) is -0.313. The third kappa shape index (κ3) is 4.29. The van der Waals surface area contributed by atoms with Gasteiger partial charge in [-0.05, 0) is 32.4 Å². The first-order valence-electron chi connectivity index (χ1n) is 5.74. The average Bonchev–Trinajstić information content (AvgIpc) is 2.26. The molecule has 0 bridgehead atoms. The van der Waals surface area contributed by atoms with Gasteiger partial charge in [-0.25, -0.2) is 4.39 Å². The fourth-order valence-electron chi connectivity index (χ4n) is 1.72. The third-order valence-electron chi connectivity index (χ3n) is 2.47. The highest BCUT2D eigenvalue weighted by molar-refractivity contribution is 5.98. The average molecular weight is 270 g/mol. The molecule has 1 aromatic carbocycles. The van der Waals surface area contributed by atoms with Gasteiger partial charge in [0.05, 0.1) is 11.0 Å². The Labute approximate surface area is 109 Å². The van der Waals surface area contributed by atoms with E-state index in [-0.39, 0.29) is 11.6 Å². The van der Waals surface area contributed by atoms with E-state index in [0.717, 1.165) is 18.2 Å². The van der Waals surface area contributed by atoms with Crippen molar-refractivity contribution in [3.05, 3.63) is 39.7 Å². The van der Waals surface area contributed by atoms with Crippen molar-refractivity contribution in [1.82, 2.24) is 5.32 Å². The first-order chi connectivity index (χ1) is 8.81. The molecule has 0 aliphatic carbocycles. The van der Waals surface area contributed by atoms with Crippen molar-refractivity contribution in [2.24, 2.45) is 0 Å². The molecule has 0 aliphatic rings. The Morgan fingerprint density at radius 1 is 1.53 bits per heavy atom. The largest absolute Gasteiger partial charge is 0.393 e. The lowest BCUT2D eigenvalue weighted by atomic mass is 10.1. The number of hydrogen-bond donors (Lipinski definition) is 2. The highest BCUT2D eigenvalue weighted by Gasteiger charge is 2.22. The maximum absolute atomic E-state index is 13.1. The summed E-state index contributed by atoms with van der Waals surface area (Å²) in [4.78, 5) is 21.9. The van der Waals surface area contributed by atoms with Gasteiger partial charge in [-0.2, -0.15) is 0 Å². The quantitative estimate of drug-likeness (QED) is 0.628. The summed E-state index contributed by atoms with van der Waals surface area (Å²) in [6, 6.07) is 2.32. The lowest BCUT2D eigenvalue weighted by Gasteiger charge is -2.15. The van der Waals surface area contributed by atoms with Crippen LogP contribution in [-0.4, -0.2) is 28.1 Å². The van der Waals surface area contributed by atoms with Crippen molar-refractivity contribution in [2.45, 2.75) is 32.4 Å². The molecule has 0 heterocycles. The molecular formula is C12H15FN2O4. The molecular weight excluding hydrogens is 255 g/mol. The maximum Gasteiger partial charge on any atom is 0.282 e. The van der Waals surface area contributed by atoms with E-state index in [0.29, 0.717) is 6.42 Å². The van der Waals surface area contributed by atoms with E-state index in [1.54, 1.807) is 13.8 Å². The number of carbonyl (C=O) groups excluding carboxylic acids is 1. The molecule has 19 heavy (non-hydrogen) atoms. The fourth-order valence-corrected chi connectivity index (χ4v) is 1.72. The number of aliphatic hydroxyl groups is 1. The zero-order valence-electron chi connectivity index (χ0n) is 10.6. The van der Waals surface area contributed by atoms with Crippen LogP contribution in [0.2, 0.25) is 0 Å². The number of nitrogens with one attached hydrogen (secondary N) is 1. The van der Waals surface area contributed by atoms with Gasteiger partial charge in [0.15, 0.2) is 0 Å². The second-order valence-corrected chi connectivity index (χ2v) is 4.38. The topological polar surface area (TPSA) is 92.5 Å². The first-order valence-corrected chi connectivity index (χ1v) is 5.74. The van der Waals surface area contributed by atoms with Crippen LogP contribution >= 0.6 is 0 Å². The SMILES string of the molecule is CC(O)CC(C)NC(=O)c1cc(F)ccc1[N+](=O)[O-]. The van der Waals surface area contributed by atoms with Crippen molar-refractivity contribution < 1.29 is 19.2 Å². The second-order valence-electron chi connectivity index (χ2n) is 4.38. The van der Waals surface area contributed by atoms with E-state index in [4.69, 9.17) is 0 Å². The summed E-state index contributed by atoms with van der Waals surface area (Å²) in [7, 11) is 0. The zero-order chi connectivity index (χ0) is 14.6. The van der Waals surface area contributed by atoms with Crippen LogP contribution in [-0.2, 0) is 0 Å². The van der Waals surface area contributed by atoms with Gasteiger partial charge in [0.1, 0.15) is 11.4 Å². The molecule has 1 amide bonds. The van der Waals surface area contributed by atoms with E-state index < -0.39 is 28.4 Å². The van der Waals surface area contributed by atoms with E-state index in [2.05, 4.69) is 5.32 Å². The van der Waals surface area contributed by atoms with Crippen LogP contribution in [0.5, 0.6) is 0 Å². The Morgan fingerprint density at radius 3 is 2.68 bits per heavy atom. The summed E-state index contributed by atoms with van der Waals surface area (Å²) < 4.78 is 13.1. The lowest BCUT2D eigenvalue weighted by Crippen LogP contribution is -2.35. The Balaban J connectivity index is 2.92. The molecule has 1 rings (SSSR count). The molecule has 0 saturated carbocycles. The van der Waals surface area contributed by atoms with Crippen LogP contribution in [0.1, 0.15) is 30.6 Å². The van der Waals surface area contributed by atoms with Gasteiger partial charge in [-0.15, -0.1) is 0 Å². The third-order valence-corrected chi connectivity index (χ3v) is 2.47. The number of carbonyl (C=O) groups is 1. The number of nitrogens with zero attached hydrogens (tertiary/aromatic N) is 1. The number of nitro groups is 1. The highest BCUT2D eigenvalue weighted by Crippen LogP contribution is 2.19. The standard InChI is InChI=1S/C12H15FN2O4/c1-7(5-8(2)16)14-12(17)10-6-9(13)3-4-11(10)15(18)19/h3-4,6-8,16H,5H2,1-2H3,(H,14,17). The van der Waals surface area contributed by atoms with Crippen molar-refractivity contribution >= 4 is 11.6 Å². The Morgan fingerprint density at radius 2 is 2.16 bits per heavy atom. The van der Waals surface area contributed by atoms with Crippen LogP contribution in [0.4, 0.5) is 10.1 Å². The molecule has 0 spiro atoms. The highest BCUT2D eigenvalue weighted by atomic mass is 19.1. The summed E-state index contributed by atoms with van der Waals surface area (Å²) >= 11 is 0. The monoisotopic (exact) mass is 270 g/mol. The van der Waals surface area contributed by atoms with Gasteiger partial charge in [-0.1, -0.05) is 0 Å². The Kier molecular flexibility index (Phi) is 4.94. The lowest BCUT2D eigenvalue weighted by molar-refractivity contribution is -0.385. The van der Waals surface area contributed by atoms with E-state index in [9.17, 15) is 24.4 Å². The number of benzene rings is 1. The second kappa shape index (κ2) is 6.24. The van der Waals surface area contributed by atoms with Crippen molar-refractivity contribution in [1.29, 1.82) is 0 Å². The number of hydrogen-bond acceptors (Lipinski definition) is 4. The first kappa shape index (κ1) is 15.0. The van der Waals surface area contributed by atoms with Gasteiger partial charge < -0.3 is 10.4 Å². The molecule has 0 radical (unpaired) electrons. The van der Waals surface area contributed by atoms with E-state index >= 15 is 0 Å². The molecule has 1 aromatic rings. The molecule has 7 heteroatoms. The van der Waals surface area contributed by atoms with Crippen LogP contribution in [0.15, 0.2) is 18.2 Å². The van der Waals surface area contributed by atoms with Gasteiger partial charge >= 0.3 is 0 Å². The predicted octanol–water partition coefficient (Wildman–Crippen LogP) is 1.62. The van der Waals surface area contributed by atoms with E-state index in [1.165, 1.54) is 0 Å². The van der Waals surface area contributed by atoms with Gasteiger partial charge in [0.2, 0.25) is 0 Å². The molecule has 2 unspecified atom stereocenters. The molecule has 0 fully saturated rings. The Hall–Kier alpha value is -2.02. The number of amides is 1. The molecule has 0 aliphatic heterocycles. The van der Waals surface area contributed by atoms with Gasteiger partial charge in [0.25, 0.3) is 11.6 Å². The minimum absolute atomic E-state index is 0.300. The number of aliphatic hydroxyl groups excluding tert-OH is 1. The predicted molar refractivity (Wildman–Crippen MR) is 66.3 cm³/mol.